The molecule has 0 unspecified atom stereocenters. The highest BCUT2D eigenvalue weighted by atomic mass is 35.5. The van der Waals surface area contributed by atoms with Gasteiger partial charge >= 0.3 is 6.18 Å². The van der Waals surface area contributed by atoms with E-state index in [9.17, 15) is 21.6 Å². The number of rotatable bonds is 4. The van der Waals surface area contributed by atoms with Crippen LogP contribution in [0.15, 0.2) is 27.6 Å². The van der Waals surface area contributed by atoms with Crippen molar-refractivity contribution >= 4 is 21.6 Å². The first-order chi connectivity index (χ1) is 13.0. The van der Waals surface area contributed by atoms with Crippen LogP contribution in [-0.2, 0) is 21.7 Å². The van der Waals surface area contributed by atoms with Crippen LogP contribution in [0.3, 0.4) is 0 Å². The molecule has 0 saturated heterocycles. The molecule has 3 rings (SSSR count). The number of aromatic nitrogens is 2. The zero-order valence-electron chi connectivity index (χ0n) is 15.0. The number of hydrogen-bond donors (Lipinski definition) is 1. The van der Waals surface area contributed by atoms with E-state index in [4.69, 9.17) is 16.1 Å². The molecule has 1 aromatic carbocycles. The summed E-state index contributed by atoms with van der Waals surface area (Å²) in [6, 6.07) is 2.51. The summed E-state index contributed by atoms with van der Waals surface area (Å²) in [6.45, 7) is 1.59. The van der Waals surface area contributed by atoms with E-state index in [1.165, 1.54) is 0 Å². The van der Waals surface area contributed by atoms with Crippen molar-refractivity contribution in [2.75, 3.05) is 0 Å². The summed E-state index contributed by atoms with van der Waals surface area (Å²) in [7, 11) is -4.30. The Morgan fingerprint density at radius 1 is 1.18 bits per heavy atom. The zero-order chi connectivity index (χ0) is 20.6. The molecular formula is C17H19ClF3N3O3S. The average molecular weight is 438 g/mol. The third-order valence-electron chi connectivity index (χ3n) is 4.80. The van der Waals surface area contributed by atoms with Gasteiger partial charge in [0, 0.05) is 6.92 Å². The monoisotopic (exact) mass is 437 g/mol. The Kier molecular flexibility index (Phi) is 5.75. The Morgan fingerprint density at radius 3 is 2.36 bits per heavy atom. The smallest absolute Gasteiger partial charge is 0.340 e. The normalized spacial score (nSPS) is 18.0. The lowest BCUT2D eigenvalue weighted by Gasteiger charge is -2.30. The fraction of sp³-hybridized carbons (Fsp3) is 0.529. The summed E-state index contributed by atoms with van der Waals surface area (Å²) < 4.78 is 73.0. The predicted molar refractivity (Wildman–Crippen MR) is 95.2 cm³/mol. The number of hydrogen-bond acceptors (Lipinski definition) is 5. The highest BCUT2D eigenvalue weighted by Gasteiger charge is 2.42. The van der Waals surface area contributed by atoms with Gasteiger partial charge in [0.25, 0.3) is 0 Å². The molecule has 6 nitrogen and oxygen atoms in total. The Hall–Kier alpha value is -1.65. The second-order valence-corrected chi connectivity index (χ2v) is 8.97. The zero-order valence-corrected chi connectivity index (χ0v) is 16.6. The molecule has 28 heavy (non-hydrogen) atoms. The van der Waals surface area contributed by atoms with Gasteiger partial charge in [0.2, 0.25) is 15.9 Å². The molecule has 1 saturated carbocycles. The molecule has 1 aliphatic rings. The molecule has 0 amide bonds. The van der Waals surface area contributed by atoms with Gasteiger partial charge in [0.1, 0.15) is 0 Å². The van der Waals surface area contributed by atoms with E-state index in [1.54, 1.807) is 6.92 Å². The van der Waals surface area contributed by atoms with Crippen molar-refractivity contribution in [2.45, 2.75) is 62.1 Å². The first kappa shape index (κ1) is 21.1. The van der Waals surface area contributed by atoms with Crippen molar-refractivity contribution in [3.8, 4) is 0 Å². The fourth-order valence-electron chi connectivity index (χ4n) is 3.40. The lowest BCUT2D eigenvalue weighted by Crippen LogP contribution is -2.46. The van der Waals surface area contributed by atoms with E-state index in [-0.39, 0.29) is 11.7 Å². The van der Waals surface area contributed by atoms with E-state index in [1.807, 2.05) is 0 Å². The van der Waals surface area contributed by atoms with Crippen molar-refractivity contribution in [1.82, 2.24) is 14.9 Å². The Labute approximate surface area is 165 Å². The maximum Gasteiger partial charge on any atom is 0.417 e. The fourth-order valence-corrected chi connectivity index (χ4v) is 5.07. The molecule has 154 valence electrons. The highest BCUT2D eigenvalue weighted by molar-refractivity contribution is 7.89. The summed E-state index contributed by atoms with van der Waals surface area (Å²) in [5, 5.41) is 3.32. The highest BCUT2D eigenvalue weighted by Crippen LogP contribution is 2.38. The van der Waals surface area contributed by atoms with Crippen molar-refractivity contribution in [1.29, 1.82) is 0 Å². The lowest BCUT2D eigenvalue weighted by molar-refractivity contribution is -0.137. The van der Waals surface area contributed by atoms with Gasteiger partial charge in [-0.25, -0.2) is 8.42 Å². The Bertz CT molecular complexity index is 952. The second-order valence-electron chi connectivity index (χ2n) is 6.88. The first-order valence-electron chi connectivity index (χ1n) is 8.75. The molecule has 0 radical (unpaired) electrons. The standard InChI is InChI=1S/C17H19ClF3N3O3S/c1-11-22-15(23-27-11)16(8-4-2-3-5-9-16)24-28(25,26)12-6-7-14(18)13(10-12)17(19,20)21/h6-7,10,24H,2-5,8-9H2,1H3. The first-order valence-corrected chi connectivity index (χ1v) is 10.6. The van der Waals surface area contributed by atoms with Crippen LogP contribution in [0.1, 0.15) is 55.8 Å². The van der Waals surface area contributed by atoms with Gasteiger partial charge < -0.3 is 4.52 Å². The molecule has 1 N–H and O–H groups in total. The van der Waals surface area contributed by atoms with Crippen LogP contribution in [0, 0.1) is 6.92 Å². The maximum absolute atomic E-state index is 13.1. The third kappa shape index (κ3) is 4.33. The van der Waals surface area contributed by atoms with Crippen LogP contribution in [0.25, 0.3) is 0 Å². The minimum absolute atomic E-state index is 0.195. The lowest BCUT2D eigenvalue weighted by atomic mass is 9.91. The molecule has 0 spiro atoms. The number of aryl methyl sites for hydroxylation is 1. The molecular weight excluding hydrogens is 419 g/mol. The molecule has 11 heteroatoms. The SMILES string of the molecule is Cc1nc(C2(NS(=O)(=O)c3ccc(Cl)c(C(F)(F)F)c3)CCCCCC2)no1. The number of sulfonamides is 1. The van der Waals surface area contributed by atoms with Crippen molar-refractivity contribution in [2.24, 2.45) is 0 Å². The topological polar surface area (TPSA) is 85.1 Å². The van der Waals surface area contributed by atoms with Gasteiger partial charge in [-0.15, -0.1) is 0 Å². The molecule has 0 atom stereocenters. The van der Waals surface area contributed by atoms with Crippen molar-refractivity contribution in [3.63, 3.8) is 0 Å². The number of nitrogens with zero attached hydrogens (tertiary/aromatic N) is 2. The van der Waals surface area contributed by atoms with E-state index < -0.39 is 37.2 Å². The Morgan fingerprint density at radius 2 is 1.82 bits per heavy atom. The third-order valence-corrected chi connectivity index (χ3v) is 6.66. The van der Waals surface area contributed by atoms with E-state index in [0.29, 0.717) is 18.9 Å². The van der Waals surface area contributed by atoms with Crippen LogP contribution in [0.4, 0.5) is 13.2 Å². The summed E-state index contributed by atoms with van der Waals surface area (Å²) in [5.74, 6) is 0.476. The second kappa shape index (κ2) is 7.64. The van der Waals surface area contributed by atoms with E-state index in [0.717, 1.165) is 37.8 Å². The molecule has 1 fully saturated rings. The van der Waals surface area contributed by atoms with Gasteiger partial charge in [-0.2, -0.15) is 22.9 Å². The molecule has 1 aromatic heterocycles. The molecule has 1 aliphatic carbocycles. The van der Waals surface area contributed by atoms with Crippen LogP contribution in [0.5, 0.6) is 0 Å². The van der Waals surface area contributed by atoms with Crippen molar-refractivity contribution < 1.29 is 26.1 Å². The summed E-state index contributed by atoms with van der Waals surface area (Å²) in [4.78, 5) is 3.67. The Balaban J connectivity index is 2.03. The number of halogens is 4. The maximum atomic E-state index is 13.1. The molecule has 2 aromatic rings. The van der Waals surface area contributed by atoms with Gasteiger partial charge in [-0.3, -0.25) is 0 Å². The molecule has 1 heterocycles. The average Bonchev–Trinajstić information content (AvgIpc) is 2.90. The number of alkyl halides is 3. The van der Waals surface area contributed by atoms with Gasteiger partial charge in [0.15, 0.2) is 5.82 Å². The summed E-state index contributed by atoms with van der Waals surface area (Å²) in [6.07, 6.45) is -0.642. The minimum atomic E-state index is -4.77. The molecule has 0 bridgehead atoms. The summed E-state index contributed by atoms with van der Waals surface area (Å²) >= 11 is 5.60. The van der Waals surface area contributed by atoms with Gasteiger partial charge in [0.05, 0.1) is 21.0 Å². The quantitative estimate of drug-likeness (QED) is 0.708. The van der Waals surface area contributed by atoms with Crippen LogP contribution in [0.2, 0.25) is 5.02 Å². The van der Waals surface area contributed by atoms with Crippen LogP contribution < -0.4 is 4.72 Å². The van der Waals surface area contributed by atoms with Gasteiger partial charge in [-0.05, 0) is 31.0 Å². The minimum Gasteiger partial charge on any atom is -0.340 e. The van der Waals surface area contributed by atoms with Crippen LogP contribution in [-0.4, -0.2) is 18.6 Å². The largest absolute Gasteiger partial charge is 0.417 e. The number of nitrogens with one attached hydrogen (secondary N) is 1. The number of benzene rings is 1. The van der Waals surface area contributed by atoms with Crippen LogP contribution >= 0.6 is 11.6 Å². The molecule has 0 aliphatic heterocycles. The van der Waals surface area contributed by atoms with E-state index >= 15 is 0 Å². The van der Waals surface area contributed by atoms with E-state index in [2.05, 4.69) is 14.9 Å². The van der Waals surface area contributed by atoms with Crippen molar-refractivity contribution in [3.05, 3.63) is 40.5 Å². The predicted octanol–water partition coefficient (Wildman–Crippen LogP) is 4.58. The summed E-state index contributed by atoms with van der Waals surface area (Å²) in [5.41, 5.74) is -2.34. The van der Waals surface area contributed by atoms with Gasteiger partial charge in [-0.1, -0.05) is 42.4 Å².